The molecule has 0 spiro atoms. The van der Waals surface area contributed by atoms with E-state index in [-0.39, 0.29) is 78.7 Å². The van der Waals surface area contributed by atoms with E-state index in [9.17, 15) is 9.90 Å². The normalized spacial score (nSPS) is 15.5. The second kappa shape index (κ2) is 25.8. The average molecular weight is 1120 g/mol. The Labute approximate surface area is 443 Å². The number of carbonyl (C=O) groups excluding carboxylic acids is 1. The Hall–Kier alpha value is -4.44. The molecular formula is C65H84IrN2O2-2. The van der Waals surface area contributed by atoms with Gasteiger partial charge in [-0.05, 0) is 117 Å². The van der Waals surface area contributed by atoms with Gasteiger partial charge in [-0.15, -0.1) is 69.8 Å². The maximum Gasteiger partial charge on any atom is 0.162 e. The quantitative estimate of drug-likeness (QED) is 0.0711. The third kappa shape index (κ3) is 15.3. The van der Waals surface area contributed by atoms with E-state index in [0.717, 1.165) is 106 Å². The maximum atomic E-state index is 11.7. The van der Waals surface area contributed by atoms with Crippen LogP contribution in [0.15, 0.2) is 96.9 Å². The van der Waals surface area contributed by atoms with Crippen LogP contribution in [0.2, 0.25) is 0 Å². The zero-order chi connectivity index (χ0) is 53.4. The number of benzene rings is 4. The smallest absolute Gasteiger partial charge is 0.162 e. The van der Waals surface area contributed by atoms with E-state index in [1.54, 1.807) is 0 Å². The van der Waals surface area contributed by atoms with Crippen LogP contribution in [0.4, 0.5) is 0 Å². The Morgan fingerprint density at radius 3 is 1.39 bits per heavy atom. The molecule has 1 radical (unpaired) electrons. The zero-order valence-electron chi connectivity index (χ0n) is 48.6. The summed E-state index contributed by atoms with van der Waals surface area (Å²) in [5, 5.41) is 13.3. The minimum absolute atomic E-state index is 0. The fourth-order valence-corrected chi connectivity index (χ4v) is 10.3. The van der Waals surface area contributed by atoms with E-state index < -0.39 is 0 Å². The summed E-state index contributed by atoms with van der Waals surface area (Å²) in [7, 11) is 0. The zero-order valence-corrected chi connectivity index (χ0v) is 47.0. The van der Waals surface area contributed by atoms with Gasteiger partial charge in [-0.3, -0.25) is 4.79 Å². The number of hydrogen-bond acceptors (Lipinski definition) is 4. The van der Waals surface area contributed by atoms with Crippen molar-refractivity contribution in [2.75, 3.05) is 0 Å². The van der Waals surface area contributed by atoms with Crippen LogP contribution in [-0.4, -0.2) is 20.9 Å². The predicted molar refractivity (Wildman–Crippen MR) is 294 cm³/mol. The molecule has 2 heterocycles. The van der Waals surface area contributed by atoms with Gasteiger partial charge in [-0.2, -0.15) is 0 Å². The van der Waals surface area contributed by atoms with Gasteiger partial charge in [0.15, 0.2) is 5.78 Å². The van der Waals surface area contributed by atoms with Crippen LogP contribution in [0.5, 0.6) is 0 Å². The average Bonchev–Trinajstić information content (AvgIpc) is 4.07. The van der Waals surface area contributed by atoms with Gasteiger partial charge in [0.1, 0.15) is 0 Å². The summed E-state index contributed by atoms with van der Waals surface area (Å²) in [6.45, 7) is 25.4. The van der Waals surface area contributed by atoms with E-state index in [1.807, 2.05) is 27.7 Å². The number of rotatable bonds is 13. The third-order valence-electron chi connectivity index (χ3n) is 14.7. The van der Waals surface area contributed by atoms with Crippen molar-refractivity contribution in [2.24, 2.45) is 23.7 Å². The number of aliphatic hydroxyl groups excluding tert-OH is 1. The molecule has 4 aromatic carbocycles. The first-order chi connectivity index (χ1) is 34.5. The van der Waals surface area contributed by atoms with E-state index in [4.69, 9.17) is 5.48 Å². The van der Waals surface area contributed by atoms with Crippen LogP contribution in [0.25, 0.3) is 44.1 Å². The topological polar surface area (TPSA) is 63.1 Å². The molecule has 0 atom stereocenters. The van der Waals surface area contributed by atoms with Crippen LogP contribution in [-0.2, 0) is 48.6 Å². The molecule has 4 nitrogen and oxygen atoms in total. The molecule has 0 unspecified atom stereocenters. The van der Waals surface area contributed by atoms with E-state index in [1.165, 1.54) is 79.7 Å². The summed E-state index contributed by atoms with van der Waals surface area (Å²) >= 11 is 0. The first-order valence-corrected chi connectivity index (χ1v) is 26.4. The molecule has 2 fully saturated rings. The number of nitrogens with zero attached hydrogens (tertiary/aromatic N) is 2. The Morgan fingerprint density at radius 2 is 1.03 bits per heavy atom. The van der Waals surface area contributed by atoms with E-state index >= 15 is 0 Å². The number of aromatic nitrogens is 2. The number of allylic oxidation sites excluding steroid dienone is 2. The molecule has 5 heteroatoms. The summed E-state index contributed by atoms with van der Waals surface area (Å²) in [5.41, 5.74) is 10.6. The van der Waals surface area contributed by atoms with Crippen LogP contribution in [0.1, 0.15) is 185 Å². The van der Waals surface area contributed by atoms with E-state index in [0.29, 0.717) is 0 Å². The number of ketones is 1. The minimum atomic E-state index is 0. The van der Waals surface area contributed by atoms with Gasteiger partial charge in [0.25, 0.3) is 0 Å². The molecule has 0 saturated heterocycles. The number of aryl methyl sites for hydroxylation is 2. The summed E-state index contributed by atoms with van der Waals surface area (Å²) in [4.78, 5) is 20.7. The number of hydrogen-bond donors (Lipinski definition) is 1. The summed E-state index contributed by atoms with van der Waals surface area (Å²) in [6, 6.07) is 28.8. The Balaban J connectivity index is 0.000000216. The molecule has 2 aliphatic rings. The number of carbonyl (C=O) groups is 1. The van der Waals surface area contributed by atoms with Crippen LogP contribution in [0.3, 0.4) is 0 Å². The molecule has 2 saturated carbocycles. The van der Waals surface area contributed by atoms with Crippen molar-refractivity contribution in [3.63, 3.8) is 0 Å². The number of aliphatic hydroxyl groups is 1. The fraction of sp³-hybridized carbons (Fsp3) is 0.492. The maximum absolute atomic E-state index is 11.7. The monoisotopic (exact) mass is 1120 g/mol. The second-order valence-corrected chi connectivity index (χ2v) is 22.3. The Bertz CT molecular complexity index is 2720. The van der Waals surface area contributed by atoms with Crippen molar-refractivity contribution in [3.05, 3.63) is 142 Å². The van der Waals surface area contributed by atoms with Gasteiger partial charge < -0.3 is 15.1 Å². The van der Waals surface area contributed by atoms with Crippen molar-refractivity contribution in [1.82, 2.24) is 9.97 Å². The van der Waals surface area contributed by atoms with Crippen LogP contribution < -0.4 is 0 Å². The van der Waals surface area contributed by atoms with Gasteiger partial charge in [-0.25, -0.2) is 0 Å². The molecular weight excluding hydrogens is 1030 g/mol. The van der Waals surface area contributed by atoms with Gasteiger partial charge in [0, 0.05) is 50.4 Å². The van der Waals surface area contributed by atoms with Crippen LogP contribution in [0, 0.1) is 49.7 Å². The van der Waals surface area contributed by atoms with E-state index in [2.05, 4.69) is 138 Å². The standard InChI is InChI=1S/2C26H30N.C13H24O2.Ir/c2*1-18-13-22(17-23(14-18)26(2,3)4)25-24-10-9-20(15-19-7-5-6-8-19)16-21(24)11-12-27-25;1-5-10(6-2)12(14)9-13(15)11(7-3)8-4;/h2*9-12,14,16-17,19H,5-8,15H2,1-4H3;9-11,14H,5-8H2,1-4H3;/q2*-1;;/b;;12-9-;/i2*11D,12D;;. The first kappa shape index (κ1) is 50.5. The Morgan fingerprint density at radius 1 is 0.643 bits per heavy atom. The molecule has 2 aliphatic carbocycles. The third-order valence-corrected chi connectivity index (χ3v) is 14.7. The van der Waals surface area contributed by atoms with Crippen molar-refractivity contribution in [1.29, 1.82) is 0 Å². The summed E-state index contributed by atoms with van der Waals surface area (Å²) < 4.78 is 33.5. The van der Waals surface area contributed by atoms with Crippen LogP contribution >= 0.6 is 0 Å². The molecule has 377 valence electrons. The number of fused-ring (bicyclic) bond motifs is 2. The van der Waals surface area contributed by atoms with Crippen molar-refractivity contribution in [3.8, 4) is 22.5 Å². The largest absolute Gasteiger partial charge is 0.512 e. The fourth-order valence-electron chi connectivity index (χ4n) is 10.3. The number of pyridine rings is 2. The van der Waals surface area contributed by atoms with Gasteiger partial charge >= 0.3 is 0 Å². The molecule has 0 bridgehead atoms. The summed E-state index contributed by atoms with van der Waals surface area (Å²) in [6.07, 6.45) is 17.7. The molecule has 0 amide bonds. The van der Waals surface area contributed by atoms with Gasteiger partial charge in [-0.1, -0.05) is 171 Å². The SMILES string of the molecule is CCC(CC)C(=O)/C=C(\O)C(CC)CC.[2H]c1nc(-c2[c-]c(C)cc(C(C)(C)C)c2)c2ccc(CC3CCCC3)cc2c1[2H].[2H]c1nc(-c2[c-]c(C)cc(C(C)(C)C)c2)c2ccc(CC3CCCC3)cc2c1[2H].[Ir]. The van der Waals surface area contributed by atoms with Gasteiger partial charge in [0.2, 0.25) is 0 Å². The molecule has 1 N–H and O–H groups in total. The summed E-state index contributed by atoms with van der Waals surface area (Å²) in [5.74, 6) is 2.07. The predicted octanol–water partition coefficient (Wildman–Crippen LogP) is 17.9. The molecule has 70 heavy (non-hydrogen) atoms. The molecule has 2 aromatic heterocycles. The van der Waals surface area contributed by atoms with Crippen molar-refractivity contribution < 1.29 is 35.5 Å². The molecule has 8 rings (SSSR count). The molecule has 6 aromatic rings. The van der Waals surface area contributed by atoms with Crippen molar-refractivity contribution in [2.45, 2.75) is 184 Å². The minimum Gasteiger partial charge on any atom is -0.512 e. The first-order valence-electron chi connectivity index (χ1n) is 28.4. The van der Waals surface area contributed by atoms with Crippen molar-refractivity contribution >= 4 is 27.3 Å². The molecule has 0 aliphatic heterocycles. The van der Waals surface area contributed by atoms with Gasteiger partial charge in [0.05, 0.1) is 11.2 Å². The Kier molecular flexibility index (Phi) is 18.6. The second-order valence-electron chi connectivity index (χ2n) is 22.3.